The van der Waals surface area contributed by atoms with Gasteiger partial charge in [0, 0.05) is 51.1 Å². The van der Waals surface area contributed by atoms with E-state index in [2.05, 4.69) is 10.3 Å². The van der Waals surface area contributed by atoms with Crippen molar-refractivity contribution in [2.75, 3.05) is 19.4 Å². The van der Waals surface area contributed by atoms with E-state index < -0.39 is 0 Å². The highest BCUT2D eigenvalue weighted by Gasteiger charge is 2.25. The van der Waals surface area contributed by atoms with Crippen molar-refractivity contribution in [3.63, 3.8) is 0 Å². The summed E-state index contributed by atoms with van der Waals surface area (Å²) in [7, 11) is 3.19. The number of carbonyl (C=O) groups is 2. The molecule has 0 aliphatic carbocycles. The molecule has 170 valence electrons. The lowest BCUT2D eigenvalue weighted by atomic mass is 10.0. The zero-order chi connectivity index (χ0) is 23.5. The average molecular weight is 447 g/mol. The van der Waals surface area contributed by atoms with Gasteiger partial charge in [0.15, 0.2) is 0 Å². The standard InChI is InChI=1S/C24H25N5O4/c1-28-13-16(6-7-21(28)30)24(32)29-9-8-20-17(14-29)11-19(22(25)27-20)23(31)26-12-15-4-3-5-18(10-15)33-2/h3-7,10-11,13H,8-9,12,14H2,1-2H3,(H2,25,27)(H,26,31). The molecule has 0 radical (unpaired) electrons. The third-order valence-corrected chi connectivity index (χ3v) is 5.65. The van der Waals surface area contributed by atoms with Gasteiger partial charge in [0.05, 0.1) is 18.2 Å². The Balaban J connectivity index is 1.50. The van der Waals surface area contributed by atoms with Gasteiger partial charge in [0.2, 0.25) is 5.56 Å². The van der Waals surface area contributed by atoms with Gasteiger partial charge in [-0.15, -0.1) is 0 Å². The van der Waals surface area contributed by atoms with E-state index in [4.69, 9.17) is 10.5 Å². The monoisotopic (exact) mass is 447 g/mol. The van der Waals surface area contributed by atoms with Crippen LogP contribution in [0.2, 0.25) is 0 Å². The van der Waals surface area contributed by atoms with Crippen molar-refractivity contribution < 1.29 is 14.3 Å². The first kappa shape index (κ1) is 22.1. The summed E-state index contributed by atoms with van der Waals surface area (Å²) in [6, 6.07) is 12.0. The molecule has 4 rings (SSSR count). The van der Waals surface area contributed by atoms with Crippen LogP contribution in [0, 0.1) is 0 Å². The van der Waals surface area contributed by atoms with Crippen LogP contribution in [-0.4, -0.2) is 39.9 Å². The fraction of sp³-hybridized carbons (Fsp3) is 0.250. The predicted molar refractivity (Wildman–Crippen MR) is 123 cm³/mol. The number of rotatable bonds is 5. The number of hydrogen-bond donors (Lipinski definition) is 2. The minimum Gasteiger partial charge on any atom is -0.497 e. The first-order chi connectivity index (χ1) is 15.9. The van der Waals surface area contributed by atoms with Gasteiger partial charge < -0.3 is 25.3 Å². The second-order valence-corrected chi connectivity index (χ2v) is 7.90. The minimum atomic E-state index is -0.341. The molecular weight excluding hydrogens is 422 g/mol. The normalized spacial score (nSPS) is 12.7. The van der Waals surface area contributed by atoms with Gasteiger partial charge in [-0.05, 0) is 35.4 Å². The molecule has 0 bridgehead atoms. The van der Waals surface area contributed by atoms with Crippen molar-refractivity contribution in [1.29, 1.82) is 0 Å². The maximum Gasteiger partial charge on any atom is 0.255 e. The van der Waals surface area contributed by atoms with Crippen LogP contribution < -0.4 is 21.3 Å². The van der Waals surface area contributed by atoms with Crippen LogP contribution in [0.25, 0.3) is 0 Å². The van der Waals surface area contributed by atoms with Gasteiger partial charge in [-0.1, -0.05) is 12.1 Å². The van der Waals surface area contributed by atoms with Crippen molar-refractivity contribution in [3.05, 3.63) is 87.0 Å². The van der Waals surface area contributed by atoms with Gasteiger partial charge in [-0.25, -0.2) is 4.98 Å². The Kier molecular flexibility index (Phi) is 6.12. The molecule has 3 heterocycles. The van der Waals surface area contributed by atoms with Gasteiger partial charge >= 0.3 is 0 Å². The number of amides is 2. The Bertz CT molecular complexity index is 1280. The summed E-state index contributed by atoms with van der Waals surface area (Å²) < 4.78 is 6.58. The molecule has 0 spiro atoms. The number of anilines is 1. The largest absolute Gasteiger partial charge is 0.497 e. The van der Waals surface area contributed by atoms with E-state index in [1.807, 2.05) is 24.3 Å². The van der Waals surface area contributed by atoms with Gasteiger partial charge in [-0.2, -0.15) is 0 Å². The summed E-state index contributed by atoms with van der Waals surface area (Å²) >= 11 is 0. The van der Waals surface area contributed by atoms with Crippen molar-refractivity contribution in [2.45, 2.75) is 19.5 Å². The highest BCUT2D eigenvalue weighted by Crippen LogP contribution is 2.23. The zero-order valence-electron chi connectivity index (χ0n) is 18.5. The Morgan fingerprint density at radius 2 is 2.03 bits per heavy atom. The summed E-state index contributed by atoms with van der Waals surface area (Å²) in [4.78, 5) is 43.5. The molecule has 0 atom stereocenters. The molecular formula is C24H25N5O4. The number of nitrogens with one attached hydrogen (secondary N) is 1. The molecule has 9 heteroatoms. The lowest BCUT2D eigenvalue weighted by Crippen LogP contribution is -2.37. The quantitative estimate of drug-likeness (QED) is 0.612. The molecule has 0 saturated carbocycles. The van der Waals surface area contributed by atoms with E-state index in [1.165, 1.54) is 22.9 Å². The molecule has 3 aromatic rings. The first-order valence-corrected chi connectivity index (χ1v) is 10.5. The average Bonchev–Trinajstić information content (AvgIpc) is 2.83. The number of hydrogen-bond acceptors (Lipinski definition) is 6. The number of benzene rings is 1. The highest BCUT2D eigenvalue weighted by atomic mass is 16.5. The number of aryl methyl sites for hydroxylation is 1. The molecule has 0 fully saturated rings. The summed E-state index contributed by atoms with van der Waals surface area (Å²) in [6.07, 6.45) is 2.06. The second kappa shape index (κ2) is 9.15. The van der Waals surface area contributed by atoms with E-state index in [-0.39, 0.29) is 28.8 Å². The Morgan fingerprint density at radius 1 is 1.21 bits per heavy atom. The van der Waals surface area contributed by atoms with Crippen molar-refractivity contribution in [3.8, 4) is 5.75 Å². The number of fused-ring (bicyclic) bond motifs is 1. The van der Waals surface area contributed by atoms with E-state index in [0.29, 0.717) is 37.4 Å². The third-order valence-electron chi connectivity index (χ3n) is 5.65. The van der Waals surface area contributed by atoms with Gasteiger partial charge in [0.25, 0.3) is 11.8 Å². The smallest absolute Gasteiger partial charge is 0.255 e. The van der Waals surface area contributed by atoms with Crippen LogP contribution in [0.5, 0.6) is 5.75 Å². The number of ether oxygens (including phenoxy) is 1. The summed E-state index contributed by atoms with van der Waals surface area (Å²) in [5.41, 5.74) is 9.04. The second-order valence-electron chi connectivity index (χ2n) is 7.90. The lowest BCUT2D eigenvalue weighted by Gasteiger charge is -2.29. The Hall–Kier alpha value is -4.14. The van der Waals surface area contributed by atoms with Crippen LogP contribution in [0.1, 0.15) is 37.5 Å². The molecule has 3 N–H and O–H groups in total. The fourth-order valence-electron chi connectivity index (χ4n) is 3.81. The predicted octanol–water partition coefficient (Wildman–Crippen LogP) is 1.50. The number of pyridine rings is 2. The molecule has 1 aliphatic heterocycles. The SMILES string of the molecule is COc1cccc(CNC(=O)c2cc3c(nc2N)CCN(C(=O)c2ccc(=O)n(C)c2)C3)c1. The molecule has 0 unspecified atom stereocenters. The number of nitrogens with zero attached hydrogens (tertiary/aromatic N) is 3. The maximum absolute atomic E-state index is 12.9. The lowest BCUT2D eigenvalue weighted by molar-refractivity contribution is 0.0732. The number of nitrogens with two attached hydrogens (primary N) is 1. The molecule has 1 aromatic carbocycles. The van der Waals surface area contributed by atoms with E-state index in [9.17, 15) is 14.4 Å². The van der Waals surface area contributed by atoms with Crippen molar-refractivity contribution in [2.24, 2.45) is 7.05 Å². The minimum absolute atomic E-state index is 0.162. The van der Waals surface area contributed by atoms with Gasteiger partial charge in [-0.3, -0.25) is 14.4 Å². The molecule has 9 nitrogen and oxygen atoms in total. The molecule has 0 saturated heterocycles. The first-order valence-electron chi connectivity index (χ1n) is 10.5. The van der Waals surface area contributed by atoms with Crippen molar-refractivity contribution >= 4 is 17.6 Å². The highest BCUT2D eigenvalue weighted by molar-refractivity contribution is 5.98. The molecule has 2 amide bonds. The van der Waals surface area contributed by atoms with Crippen molar-refractivity contribution in [1.82, 2.24) is 19.8 Å². The summed E-state index contributed by atoms with van der Waals surface area (Å²) in [5.74, 6) is 0.346. The number of carbonyl (C=O) groups excluding carboxylic acids is 2. The Labute approximate surface area is 190 Å². The van der Waals surface area contributed by atoms with Crippen LogP contribution >= 0.6 is 0 Å². The zero-order valence-corrected chi connectivity index (χ0v) is 18.5. The number of methoxy groups -OCH3 is 1. The molecule has 2 aromatic heterocycles. The van der Waals surface area contributed by atoms with Crippen LogP contribution in [0.15, 0.2) is 53.5 Å². The van der Waals surface area contributed by atoms with E-state index >= 15 is 0 Å². The van der Waals surface area contributed by atoms with E-state index in [1.54, 1.807) is 25.1 Å². The summed E-state index contributed by atoms with van der Waals surface area (Å²) in [5, 5.41) is 2.86. The molecule has 1 aliphatic rings. The number of nitrogen functional groups attached to an aromatic ring is 1. The topological polar surface area (TPSA) is 120 Å². The van der Waals surface area contributed by atoms with Crippen LogP contribution in [-0.2, 0) is 26.6 Å². The van der Waals surface area contributed by atoms with Crippen LogP contribution in [0.3, 0.4) is 0 Å². The van der Waals surface area contributed by atoms with Crippen LogP contribution in [0.4, 0.5) is 5.82 Å². The maximum atomic E-state index is 12.9. The third kappa shape index (κ3) is 4.72. The fourth-order valence-corrected chi connectivity index (χ4v) is 3.81. The van der Waals surface area contributed by atoms with Gasteiger partial charge in [0.1, 0.15) is 11.6 Å². The van der Waals surface area contributed by atoms with E-state index in [0.717, 1.165) is 16.8 Å². The Morgan fingerprint density at radius 3 is 2.79 bits per heavy atom. The molecule has 33 heavy (non-hydrogen) atoms. The summed E-state index contributed by atoms with van der Waals surface area (Å²) in [6.45, 7) is 1.09. The number of aromatic nitrogens is 2.